The molecular formula is C11H23ClN4O3S. The SMILES string of the molecule is Cl.NS(=O)(=O)N1CCN(C(=O)CCC2CCCN2)CC1. The van der Waals surface area contributed by atoms with Gasteiger partial charge in [0.15, 0.2) is 0 Å². The lowest BCUT2D eigenvalue weighted by Crippen LogP contribution is -2.52. The Morgan fingerprint density at radius 3 is 2.40 bits per heavy atom. The molecule has 1 amide bonds. The number of nitrogens with zero attached hydrogens (tertiary/aromatic N) is 2. The first-order chi connectivity index (χ1) is 8.97. The van der Waals surface area contributed by atoms with Crippen molar-refractivity contribution in [3.8, 4) is 0 Å². The van der Waals surface area contributed by atoms with Gasteiger partial charge in [0.2, 0.25) is 5.91 Å². The molecule has 3 N–H and O–H groups in total. The molecule has 2 aliphatic rings. The maximum absolute atomic E-state index is 12.0. The third-order valence-corrected chi connectivity index (χ3v) is 4.91. The summed E-state index contributed by atoms with van der Waals surface area (Å²) in [5.41, 5.74) is 0. The molecular weight excluding hydrogens is 304 g/mol. The maximum atomic E-state index is 12.0. The van der Waals surface area contributed by atoms with E-state index >= 15 is 0 Å². The van der Waals surface area contributed by atoms with Gasteiger partial charge >= 0.3 is 0 Å². The molecule has 0 aromatic rings. The van der Waals surface area contributed by atoms with E-state index < -0.39 is 10.2 Å². The van der Waals surface area contributed by atoms with Crippen LogP contribution in [0.3, 0.4) is 0 Å². The molecule has 0 aromatic heterocycles. The van der Waals surface area contributed by atoms with Crippen molar-refractivity contribution in [2.24, 2.45) is 5.14 Å². The van der Waals surface area contributed by atoms with Gasteiger partial charge in [-0.2, -0.15) is 12.7 Å². The van der Waals surface area contributed by atoms with Crippen LogP contribution in [0.2, 0.25) is 0 Å². The van der Waals surface area contributed by atoms with Crippen molar-refractivity contribution in [3.05, 3.63) is 0 Å². The van der Waals surface area contributed by atoms with E-state index in [-0.39, 0.29) is 18.3 Å². The van der Waals surface area contributed by atoms with Crippen molar-refractivity contribution >= 4 is 28.5 Å². The van der Waals surface area contributed by atoms with E-state index in [1.54, 1.807) is 4.90 Å². The van der Waals surface area contributed by atoms with Crippen molar-refractivity contribution < 1.29 is 13.2 Å². The number of carbonyl (C=O) groups excluding carboxylic acids is 1. The fourth-order valence-corrected chi connectivity index (χ4v) is 3.32. The molecule has 20 heavy (non-hydrogen) atoms. The summed E-state index contributed by atoms with van der Waals surface area (Å²) in [5.74, 6) is 0.114. The number of hydrogen-bond acceptors (Lipinski definition) is 4. The smallest absolute Gasteiger partial charge is 0.277 e. The molecule has 118 valence electrons. The van der Waals surface area contributed by atoms with Gasteiger partial charge in [0.1, 0.15) is 0 Å². The number of carbonyl (C=O) groups is 1. The van der Waals surface area contributed by atoms with Crippen LogP contribution in [0.5, 0.6) is 0 Å². The topological polar surface area (TPSA) is 95.7 Å². The zero-order chi connectivity index (χ0) is 13.9. The van der Waals surface area contributed by atoms with Gasteiger partial charge in [-0.3, -0.25) is 4.79 Å². The fourth-order valence-electron chi connectivity index (χ4n) is 2.65. The van der Waals surface area contributed by atoms with Gasteiger partial charge in [-0.15, -0.1) is 12.4 Å². The van der Waals surface area contributed by atoms with Crippen molar-refractivity contribution in [2.45, 2.75) is 31.7 Å². The molecule has 0 radical (unpaired) electrons. The van der Waals surface area contributed by atoms with Gasteiger partial charge in [-0.05, 0) is 25.8 Å². The van der Waals surface area contributed by atoms with Crippen LogP contribution in [0.25, 0.3) is 0 Å². The first kappa shape index (κ1) is 17.6. The quantitative estimate of drug-likeness (QED) is 0.713. The lowest BCUT2D eigenvalue weighted by molar-refractivity contribution is -0.132. The summed E-state index contributed by atoms with van der Waals surface area (Å²) in [6.07, 6.45) is 3.74. The number of halogens is 1. The molecule has 0 saturated carbocycles. The summed E-state index contributed by atoms with van der Waals surface area (Å²) in [5, 5.41) is 8.43. The first-order valence-electron chi connectivity index (χ1n) is 6.76. The van der Waals surface area contributed by atoms with Crippen molar-refractivity contribution in [1.29, 1.82) is 0 Å². The zero-order valence-electron chi connectivity index (χ0n) is 11.5. The van der Waals surface area contributed by atoms with Crippen LogP contribution in [0.4, 0.5) is 0 Å². The largest absolute Gasteiger partial charge is 0.340 e. The molecule has 0 aromatic carbocycles. The van der Waals surface area contributed by atoms with Crippen LogP contribution < -0.4 is 10.5 Å². The Morgan fingerprint density at radius 1 is 1.25 bits per heavy atom. The minimum Gasteiger partial charge on any atom is -0.340 e. The summed E-state index contributed by atoms with van der Waals surface area (Å²) in [6.45, 7) is 2.52. The van der Waals surface area contributed by atoms with E-state index in [1.807, 2.05) is 0 Å². The highest BCUT2D eigenvalue weighted by Gasteiger charge is 2.26. The minimum absolute atomic E-state index is 0. The second-order valence-electron chi connectivity index (χ2n) is 5.16. The lowest BCUT2D eigenvalue weighted by Gasteiger charge is -2.33. The summed E-state index contributed by atoms with van der Waals surface area (Å²) >= 11 is 0. The van der Waals surface area contributed by atoms with Gasteiger partial charge in [0.05, 0.1) is 0 Å². The Balaban J connectivity index is 0.00000200. The average Bonchev–Trinajstić information content (AvgIpc) is 2.88. The molecule has 0 bridgehead atoms. The number of piperazine rings is 1. The second-order valence-corrected chi connectivity index (χ2v) is 6.70. The molecule has 0 aliphatic carbocycles. The van der Waals surface area contributed by atoms with Gasteiger partial charge in [0.25, 0.3) is 10.2 Å². The molecule has 2 fully saturated rings. The highest BCUT2D eigenvalue weighted by Crippen LogP contribution is 2.13. The van der Waals surface area contributed by atoms with Gasteiger partial charge in [-0.25, -0.2) is 5.14 Å². The monoisotopic (exact) mass is 326 g/mol. The van der Waals surface area contributed by atoms with Crippen LogP contribution in [-0.2, 0) is 15.0 Å². The Labute approximate surface area is 126 Å². The molecule has 7 nitrogen and oxygen atoms in total. The zero-order valence-corrected chi connectivity index (χ0v) is 13.1. The van der Waals surface area contributed by atoms with E-state index in [2.05, 4.69) is 5.32 Å². The van der Waals surface area contributed by atoms with Crippen molar-refractivity contribution in [1.82, 2.24) is 14.5 Å². The van der Waals surface area contributed by atoms with E-state index in [0.717, 1.165) is 19.4 Å². The number of nitrogens with two attached hydrogens (primary N) is 1. The van der Waals surface area contributed by atoms with Gasteiger partial charge in [0, 0.05) is 38.6 Å². The molecule has 2 aliphatic heterocycles. The third-order valence-electron chi connectivity index (χ3n) is 3.82. The molecule has 1 atom stereocenters. The Bertz CT molecular complexity index is 417. The van der Waals surface area contributed by atoms with Crippen LogP contribution in [0.1, 0.15) is 25.7 Å². The predicted molar refractivity (Wildman–Crippen MR) is 78.8 cm³/mol. The number of amides is 1. The summed E-state index contributed by atoms with van der Waals surface area (Å²) in [7, 11) is -3.62. The predicted octanol–water partition coefficient (Wildman–Crippen LogP) is -0.712. The minimum atomic E-state index is -3.62. The molecule has 2 saturated heterocycles. The molecule has 9 heteroatoms. The fraction of sp³-hybridized carbons (Fsp3) is 0.909. The van der Waals surface area contributed by atoms with Gasteiger partial charge in [-0.1, -0.05) is 0 Å². The second kappa shape index (κ2) is 7.56. The average molecular weight is 327 g/mol. The standard InChI is InChI=1S/C11H22N4O3S.ClH/c12-19(17,18)15-8-6-14(7-9-15)11(16)4-3-10-2-1-5-13-10;/h10,13H,1-9H2,(H2,12,17,18);1H. The summed E-state index contributed by atoms with van der Waals surface area (Å²) in [4.78, 5) is 13.7. The van der Waals surface area contributed by atoms with E-state index in [9.17, 15) is 13.2 Å². The normalized spacial score (nSPS) is 24.4. The van der Waals surface area contributed by atoms with Crippen molar-refractivity contribution in [3.63, 3.8) is 0 Å². The van der Waals surface area contributed by atoms with Crippen LogP contribution in [-0.4, -0.2) is 62.3 Å². The highest BCUT2D eigenvalue weighted by atomic mass is 35.5. The van der Waals surface area contributed by atoms with E-state index in [0.29, 0.717) is 38.6 Å². The Hall–Kier alpha value is -0.410. The van der Waals surface area contributed by atoms with Crippen LogP contribution in [0, 0.1) is 0 Å². The lowest BCUT2D eigenvalue weighted by atomic mass is 10.1. The number of rotatable bonds is 4. The Kier molecular flexibility index (Phi) is 6.67. The van der Waals surface area contributed by atoms with E-state index in [1.165, 1.54) is 10.7 Å². The molecule has 0 spiro atoms. The molecule has 2 heterocycles. The summed E-state index contributed by atoms with van der Waals surface area (Å²) in [6, 6.07) is 0.467. The number of hydrogen-bond donors (Lipinski definition) is 2. The maximum Gasteiger partial charge on any atom is 0.277 e. The van der Waals surface area contributed by atoms with Gasteiger partial charge < -0.3 is 10.2 Å². The van der Waals surface area contributed by atoms with Crippen LogP contribution in [0.15, 0.2) is 0 Å². The molecule has 2 rings (SSSR count). The van der Waals surface area contributed by atoms with Crippen molar-refractivity contribution in [2.75, 3.05) is 32.7 Å². The Morgan fingerprint density at radius 2 is 1.90 bits per heavy atom. The number of nitrogens with one attached hydrogen (secondary N) is 1. The van der Waals surface area contributed by atoms with E-state index in [4.69, 9.17) is 5.14 Å². The third kappa shape index (κ3) is 4.85. The van der Waals surface area contributed by atoms with Crippen LogP contribution >= 0.6 is 12.4 Å². The summed E-state index contributed by atoms with van der Waals surface area (Å²) < 4.78 is 23.5. The molecule has 1 unspecified atom stereocenters. The highest BCUT2D eigenvalue weighted by molar-refractivity contribution is 7.86. The first-order valence-corrected chi connectivity index (χ1v) is 8.26.